The number of rotatable bonds is 2. The normalized spacial score (nSPS) is 24.4. The molecule has 2 unspecified atom stereocenters. The zero-order valence-corrected chi connectivity index (χ0v) is 13.0. The third-order valence-corrected chi connectivity index (χ3v) is 3.77. The Morgan fingerprint density at radius 2 is 1.85 bits per heavy atom. The molecule has 0 aromatic heterocycles. The van der Waals surface area contributed by atoms with Gasteiger partial charge in [0.1, 0.15) is 0 Å². The number of amides is 1. The summed E-state index contributed by atoms with van der Waals surface area (Å²) in [5.41, 5.74) is 1.18. The molecule has 1 aliphatic heterocycles. The van der Waals surface area contributed by atoms with Crippen LogP contribution in [0.4, 0.5) is 0 Å². The predicted octanol–water partition coefficient (Wildman–Crippen LogP) is 2.64. The van der Waals surface area contributed by atoms with E-state index in [0.29, 0.717) is 5.92 Å². The van der Waals surface area contributed by atoms with Gasteiger partial charge in [0.05, 0.1) is 5.92 Å². The van der Waals surface area contributed by atoms with Gasteiger partial charge in [0, 0.05) is 18.6 Å². The Balaban J connectivity index is 2.07. The Hall–Kier alpha value is -1.35. The van der Waals surface area contributed by atoms with Gasteiger partial charge in [-0.05, 0) is 45.7 Å². The maximum absolute atomic E-state index is 12.4. The highest BCUT2D eigenvalue weighted by Gasteiger charge is 2.32. The van der Waals surface area contributed by atoms with Crippen LogP contribution in [-0.2, 0) is 4.79 Å². The fourth-order valence-corrected chi connectivity index (χ4v) is 2.95. The third kappa shape index (κ3) is 4.07. The highest BCUT2D eigenvalue weighted by Crippen LogP contribution is 2.29. The molecule has 3 heteroatoms. The molecular weight excluding hydrogens is 248 g/mol. The van der Waals surface area contributed by atoms with Crippen LogP contribution < -0.4 is 5.32 Å². The maximum atomic E-state index is 12.4. The second-order valence-corrected chi connectivity index (χ2v) is 7.00. The van der Waals surface area contributed by atoms with E-state index in [4.69, 9.17) is 0 Å². The summed E-state index contributed by atoms with van der Waals surface area (Å²) in [5.74, 6) is 0.717. The zero-order chi connectivity index (χ0) is 14.8. The van der Waals surface area contributed by atoms with E-state index < -0.39 is 0 Å². The molecule has 110 valence electrons. The van der Waals surface area contributed by atoms with Crippen molar-refractivity contribution in [2.45, 2.75) is 38.6 Å². The molecule has 1 saturated heterocycles. The highest BCUT2D eigenvalue weighted by atomic mass is 16.2. The molecular formula is C17H26N2O. The second-order valence-electron chi connectivity index (χ2n) is 7.00. The quantitative estimate of drug-likeness (QED) is 0.899. The van der Waals surface area contributed by atoms with E-state index in [9.17, 15) is 4.79 Å². The van der Waals surface area contributed by atoms with Crippen molar-refractivity contribution in [3.8, 4) is 0 Å². The third-order valence-electron chi connectivity index (χ3n) is 3.77. The van der Waals surface area contributed by atoms with Crippen LogP contribution in [0.1, 0.15) is 38.7 Å². The van der Waals surface area contributed by atoms with Gasteiger partial charge in [-0.25, -0.2) is 0 Å². The van der Waals surface area contributed by atoms with Gasteiger partial charge in [-0.2, -0.15) is 0 Å². The number of benzene rings is 1. The Labute approximate surface area is 122 Å². The van der Waals surface area contributed by atoms with Crippen LogP contribution in [0.3, 0.4) is 0 Å². The average molecular weight is 274 g/mol. The van der Waals surface area contributed by atoms with Crippen molar-refractivity contribution in [2.75, 3.05) is 20.1 Å². The van der Waals surface area contributed by atoms with Crippen molar-refractivity contribution in [3.63, 3.8) is 0 Å². The van der Waals surface area contributed by atoms with Gasteiger partial charge >= 0.3 is 0 Å². The van der Waals surface area contributed by atoms with E-state index in [1.807, 2.05) is 26.8 Å². The van der Waals surface area contributed by atoms with Gasteiger partial charge in [0.25, 0.3) is 0 Å². The molecule has 20 heavy (non-hydrogen) atoms. The van der Waals surface area contributed by atoms with Crippen LogP contribution >= 0.6 is 0 Å². The SMILES string of the molecule is CN1CC(C(=O)NC(C)(C)C)CC(c2ccccc2)C1. The van der Waals surface area contributed by atoms with Gasteiger partial charge in [-0.3, -0.25) is 4.79 Å². The minimum absolute atomic E-state index is 0.0816. The molecule has 1 aromatic carbocycles. The first-order valence-electron chi connectivity index (χ1n) is 7.40. The molecule has 2 atom stereocenters. The van der Waals surface area contributed by atoms with E-state index >= 15 is 0 Å². The molecule has 0 bridgehead atoms. The number of carbonyl (C=O) groups is 1. The molecule has 0 saturated carbocycles. The summed E-state index contributed by atoms with van der Waals surface area (Å²) in [6.45, 7) is 7.99. The summed E-state index contributed by atoms with van der Waals surface area (Å²) < 4.78 is 0. The van der Waals surface area contributed by atoms with E-state index in [0.717, 1.165) is 19.5 Å². The molecule has 1 amide bonds. The number of likely N-dealkylation sites (N-methyl/N-ethyl adjacent to an activating group) is 1. The van der Waals surface area contributed by atoms with Crippen molar-refractivity contribution in [1.29, 1.82) is 0 Å². The molecule has 3 nitrogen and oxygen atoms in total. The zero-order valence-electron chi connectivity index (χ0n) is 13.0. The maximum Gasteiger partial charge on any atom is 0.224 e. The molecule has 1 heterocycles. The lowest BCUT2D eigenvalue weighted by atomic mass is 9.84. The predicted molar refractivity (Wildman–Crippen MR) is 82.7 cm³/mol. The van der Waals surface area contributed by atoms with E-state index in [1.165, 1.54) is 5.56 Å². The molecule has 0 radical (unpaired) electrons. The number of likely N-dealkylation sites (tertiary alicyclic amines) is 1. The van der Waals surface area contributed by atoms with Crippen molar-refractivity contribution in [2.24, 2.45) is 5.92 Å². The lowest BCUT2D eigenvalue weighted by Crippen LogP contribution is -2.49. The van der Waals surface area contributed by atoms with Crippen molar-refractivity contribution in [1.82, 2.24) is 10.2 Å². The van der Waals surface area contributed by atoms with Crippen LogP contribution in [0.15, 0.2) is 30.3 Å². The monoisotopic (exact) mass is 274 g/mol. The summed E-state index contributed by atoms with van der Waals surface area (Å²) in [6.07, 6.45) is 0.941. The summed E-state index contributed by atoms with van der Waals surface area (Å²) in [7, 11) is 2.10. The largest absolute Gasteiger partial charge is 0.351 e. The average Bonchev–Trinajstić information content (AvgIpc) is 2.37. The first-order chi connectivity index (χ1) is 9.35. The van der Waals surface area contributed by atoms with Crippen LogP contribution in [0, 0.1) is 5.92 Å². The first kappa shape index (κ1) is 15.0. The molecule has 0 aliphatic carbocycles. The summed E-state index contributed by atoms with van der Waals surface area (Å²) >= 11 is 0. The Morgan fingerprint density at radius 3 is 2.45 bits per heavy atom. The minimum atomic E-state index is -0.157. The van der Waals surface area contributed by atoms with Crippen molar-refractivity contribution >= 4 is 5.91 Å². The standard InChI is InChI=1S/C17H26N2O/c1-17(2,3)18-16(20)15-10-14(11-19(4)12-15)13-8-6-5-7-9-13/h5-9,14-15H,10-12H2,1-4H3,(H,18,20). The van der Waals surface area contributed by atoms with Crippen LogP contribution in [0.5, 0.6) is 0 Å². The number of piperidine rings is 1. The molecule has 1 fully saturated rings. The van der Waals surface area contributed by atoms with Gasteiger partial charge in [-0.15, -0.1) is 0 Å². The van der Waals surface area contributed by atoms with Gasteiger partial charge < -0.3 is 10.2 Å². The Kier molecular flexibility index (Phi) is 4.48. The number of nitrogens with zero attached hydrogens (tertiary/aromatic N) is 1. The van der Waals surface area contributed by atoms with Gasteiger partial charge in [0.2, 0.25) is 5.91 Å². The summed E-state index contributed by atoms with van der Waals surface area (Å²) in [4.78, 5) is 14.7. The molecule has 2 rings (SSSR count). The number of nitrogens with one attached hydrogen (secondary N) is 1. The Bertz CT molecular complexity index is 450. The number of hydrogen-bond donors (Lipinski definition) is 1. The Morgan fingerprint density at radius 1 is 1.20 bits per heavy atom. The highest BCUT2D eigenvalue weighted by molar-refractivity contribution is 5.79. The van der Waals surface area contributed by atoms with Crippen LogP contribution in [-0.4, -0.2) is 36.5 Å². The van der Waals surface area contributed by atoms with E-state index in [1.54, 1.807) is 0 Å². The first-order valence-corrected chi connectivity index (χ1v) is 7.40. The lowest BCUT2D eigenvalue weighted by molar-refractivity contribution is -0.128. The van der Waals surface area contributed by atoms with Crippen LogP contribution in [0.25, 0.3) is 0 Å². The fraction of sp³-hybridized carbons (Fsp3) is 0.588. The van der Waals surface area contributed by atoms with Gasteiger partial charge in [0.15, 0.2) is 0 Å². The molecule has 1 aliphatic rings. The smallest absolute Gasteiger partial charge is 0.224 e. The van der Waals surface area contributed by atoms with Crippen molar-refractivity contribution < 1.29 is 4.79 Å². The van der Waals surface area contributed by atoms with E-state index in [2.05, 4.69) is 41.5 Å². The summed E-state index contributed by atoms with van der Waals surface area (Å²) in [6, 6.07) is 10.5. The fourth-order valence-electron chi connectivity index (χ4n) is 2.95. The van der Waals surface area contributed by atoms with E-state index in [-0.39, 0.29) is 17.4 Å². The topological polar surface area (TPSA) is 32.3 Å². The minimum Gasteiger partial charge on any atom is -0.351 e. The number of hydrogen-bond acceptors (Lipinski definition) is 2. The number of carbonyl (C=O) groups excluding carboxylic acids is 1. The molecule has 1 N–H and O–H groups in total. The molecule has 1 aromatic rings. The lowest BCUT2D eigenvalue weighted by Gasteiger charge is -2.36. The van der Waals surface area contributed by atoms with Crippen molar-refractivity contribution in [3.05, 3.63) is 35.9 Å². The molecule has 0 spiro atoms. The summed E-state index contributed by atoms with van der Waals surface area (Å²) in [5, 5.41) is 3.12. The van der Waals surface area contributed by atoms with Crippen LogP contribution in [0.2, 0.25) is 0 Å². The van der Waals surface area contributed by atoms with Gasteiger partial charge in [-0.1, -0.05) is 30.3 Å². The second kappa shape index (κ2) is 5.96.